The largest absolute Gasteiger partial charge is 0.320 e. The highest BCUT2D eigenvalue weighted by atomic mass is 35.5. The first-order chi connectivity index (χ1) is 8.65. The van der Waals surface area contributed by atoms with E-state index in [4.69, 9.17) is 17.3 Å². The van der Waals surface area contributed by atoms with Crippen LogP contribution in [0.1, 0.15) is 41.5 Å². The van der Waals surface area contributed by atoms with E-state index < -0.39 is 0 Å². The summed E-state index contributed by atoms with van der Waals surface area (Å²) in [6.07, 6.45) is 2.12. The molecule has 0 saturated carbocycles. The van der Waals surface area contributed by atoms with Crippen molar-refractivity contribution in [2.24, 2.45) is 5.73 Å². The summed E-state index contributed by atoms with van der Waals surface area (Å²) in [5.74, 6) is 0. The highest BCUT2D eigenvalue weighted by molar-refractivity contribution is 7.16. The van der Waals surface area contributed by atoms with Gasteiger partial charge in [0.1, 0.15) is 0 Å². The van der Waals surface area contributed by atoms with Crippen LogP contribution in [0.5, 0.6) is 0 Å². The predicted molar refractivity (Wildman–Crippen MR) is 80.6 cm³/mol. The summed E-state index contributed by atoms with van der Waals surface area (Å²) in [6, 6.07) is 10.4. The molecule has 2 N–H and O–H groups in total. The van der Waals surface area contributed by atoms with Crippen LogP contribution in [0, 0.1) is 0 Å². The zero-order valence-corrected chi connectivity index (χ0v) is 12.3. The lowest BCUT2D eigenvalue weighted by Gasteiger charge is -2.14. The molecule has 0 bridgehead atoms. The lowest BCUT2D eigenvalue weighted by molar-refractivity contribution is 0.883. The molecule has 0 amide bonds. The van der Waals surface area contributed by atoms with Gasteiger partial charge in [0.15, 0.2) is 0 Å². The number of rotatable bonds is 4. The Kier molecular flexibility index (Phi) is 4.44. The average molecular weight is 280 g/mol. The molecule has 0 aliphatic rings. The fraction of sp³-hybridized carbons (Fsp3) is 0.333. The van der Waals surface area contributed by atoms with Gasteiger partial charge in [-0.15, -0.1) is 11.3 Å². The minimum atomic E-state index is -0.0706. The van der Waals surface area contributed by atoms with Gasteiger partial charge < -0.3 is 5.73 Å². The van der Waals surface area contributed by atoms with Crippen LogP contribution in [0.15, 0.2) is 30.3 Å². The molecule has 0 radical (unpaired) electrons. The third kappa shape index (κ3) is 2.77. The summed E-state index contributed by atoms with van der Waals surface area (Å²) in [7, 11) is 0. The molecule has 3 heteroatoms. The lowest BCUT2D eigenvalue weighted by atomic mass is 9.96. The summed E-state index contributed by atoms with van der Waals surface area (Å²) in [5, 5.41) is 0. The van der Waals surface area contributed by atoms with Crippen molar-refractivity contribution in [2.45, 2.75) is 32.7 Å². The zero-order chi connectivity index (χ0) is 13.1. The Morgan fingerprint density at radius 1 is 1.11 bits per heavy atom. The van der Waals surface area contributed by atoms with Crippen molar-refractivity contribution in [1.82, 2.24) is 0 Å². The summed E-state index contributed by atoms with van der Waals surface area (Å²) >= 11 is 7.52. The zero-order valence-electron chi connectivity index (χ0n) is 10.7. The van der Waals surface area contributed by atoms with Crippen LogP contribution in [0.2, 0.25) is 4.34 Å². The quantitative estimate of drug-likeness (QED) is 0.871. The minimum absolute atomic E-state index is 0.0706. The molecule has 0 aliphatic heterocycles. The normalized spacial score (nSPS) is 12.7. The fourth-order valence-electron chi connectivity index (χ4n) is 2.17. The van der Waals surface area contributed by atoms with Gasteiger partial charge >= 0.3 is 0 Å². The number of hydrogen-bond donors (Lipinski definition) is 1. The van der Waals surface area contributed by atoms with Gasteiger partial charge in [0.2, 0.25) is 0 Å². The number of aryl methyl sites for hydroxylation is 2. The maximum atomic E-state index is 6.30. The van der Waals surface area contributed by atoms with E-state index in [1.165, 1.54) is 16.7 Å². The van der Waals surface area contributed by atoms with Crippen molar-refractivity contribution >= 4 is 22.9 Å². The molecule has 1 nitrogen and oxygen atoms in total. The van der Waals surface area contributed by atoms with E-state index in [0.717, 1.165) is 22.1 Å². The first kappa shape index (κ1) is 13.6. The van der Waals surface area contributed by atoms with Crippen molar-refractivity contribution in [1.29, 1.82) is 0 Å². The number of thiophene rings is 1. The molecule has 0 aliphatic carbocycles. The average Bonchev–Trinajstić information content (AvgIpc) is 2.83. The second-order valence-corrected chi connectivity index (χ2v) is 6.10. The van der Waals surface area contributed by atoms with Crippen molar-refractivity contribution in [3.8, 4) is 0 Å². The van der Waals surface area contributed by atoms with Crippen LogP contribution in [0.3, 0.4) is 0 Å². The number of nitrogens with two attached hydrogens (primary N) is 1. The monoisotopic (exact) mass is 279 g/mol. The molecule has 1 aromatic heterocycles. The number of benzene rings is 1. The van der Waals surface area contributed by atoms with E-state index >= 15 is 0 Å². The highest BCUT2D eigenvalue weighted by Gasteiger charge is 2.12. The van der Waals surface area contributed by atoms with Crippen molar-refractivity contribution in [3.63, 3.8) is 0 Å². The third-order valence-electron chi connectivity index (χ3n) is 3.25. The molecular formula is C15H18ClNS. The standard InChI is InChI=1S/C15H18ClNS/c1-3-10-5-6-12(9-11(10)4-2)15(17)13-7-8-14(16)18-13/h5-9,15H,3-4,17H2,1-2H3. The van der Waals surface area contributed by atoms with Gasteiger partial charge in [-0.1, -0.05) is 43.6 Å². The Balaban J connectivity index is 2.33. The van der Waals surface area contributed by atoms with Gasteiger partial charge in [-0.25, -0.2) is 0 Å². The van der Waals surface area contributed by atoms with Crippen molar-refractivity contribution < 1.29 is 0 Å². The first-order valence-electron chi connectivity index (χ1n) is 6.28. The van der Waals surface area contributed by atoms with Crippen molar-refractivity contribution in [3.05, 3.63) is 56.2 Å². The molecule has 2 rings (SSSR count). The third-order valence-corrected chi connectivity index (χ3v) is 4.57. The lowest BCUT2D eigenvalue weighted by Crippen LogP contribution is -2.11. The molecule has 1 aromatic carbocycles. The minimum Gasteiger partial charge on any atom is -0.320 e. The van der Waals surface area contributed by atoms with Crippen LogP contribution in [-0.2, 0) is 12.8 Å². The van der Waals surface area contributed by atoms with Crippen molar-refractivity contribution in [2.75, 3.05) is 0 Å². The Bertz CT molecular complexity index is 533. The molecule has 0 fully saturated rings. The fourth-order valence-corrected chi connectivity index (χ4v) is 3.26. The molecule has 1 heterocycles. The smallest absolute Gasteiger partial charge is 0.0931 e. The van der Waals surface area contributed by atoms with Crippen LogP contribution in [0.4, 0.5) is 0 Å². The van der Waals surface area contributed by atoms with Crippen LogP contribution < -0.4 is 5.73 Å². The Morgan fingerprint density at radius 3 is 2.39 bits per heavy atom. The summed E-state index contributed by atoms with van der Waals surface area (Å²) in [5.41, 5.74) is 10.3. The second-order valence-electron chi connectivity index (χ2n) is 4.35. The maximum Gasteiger partial charge on any atom is 0.0931 e. The number of halogens is 1. The van der Waals surface area contributed by atoms with Gasteiger partial charge in [0, 0.05) is 4.88 Å². The summed E-state index contributed by atoms with van der Waals surface area (Å²) in [4.78, 5) is 1.12. The molecule has 0 saturated heterocycles. The Morgan fingerprint density at radius 2 is 1.83 bits per heavy atom. The van der Waals surface area contributed by atoms with E-state index in [1.807, 2.05) is 12.1 Å². The molecular weight excluding hydrogens is 262 g/mol. The molecule has 18 heavy (non-hydrogen) atoms. The van der Waals surface area contributed by atoms with E-state index in [9.17, 15) is 0 Å². The van der Waals surface area contributed by atoms with E-state index in [1.54, 1.807) is 11.3 Å². The summed E-state index contributed by atoms with van der Waals surface area (Å²) < 4.78 is 0.793. The maximum absolute atomic E-state index is 6.30. The SMILES string of the molecule is CCc1ccc(C(N)c2ccc(Cl)s2)cc1CC. The van der Waals surface area contributed by atoms with E-state index in [-0.39, 0.29) is 6.04 Å². The van der Waals surface area contributed by atoms with Gasteiger partial charge in [-0.2, -0.15) is 0 Å². The Labute approximate surface area is 118 Å². The van der Waals surface area contributed by atoms with E-state index in [0.29, 0.717) is 0 Å². The molecule has 2 aromatic rings. The molecule has 96 valence electrons. The van der Waals surface area contributed by atoms with Crippen LogP contribution >= 0.6 is 22.9 Å². The van der Waals surface area contributed by atoms with Gasteiger partial charge in [-0.3, -0.25) is 0 Å². The topological polar surface area (TPSA) is 26.0 Å². The molecule has 1 atom stereocenters. The Hall–Kier alpha value is -0.830. The van der Waals surface area contributed by atoms with Crippen LogP contribution in [-0.4, -0.2) is 0 Å². The van der Waals surface area contributed by atoms with Gasteiger partial charge in [0.05, 0.1) is 10.4 Å². The van der Waals surface area contributed by atoms with Gasteiger partial charge in [-0.05, 0) is 41.7 Å². The summed E-state index contributed by atoms with van der Waals surface area (Å²) in [6.45, 7) is 4.37. The van der Waals surface area contributed by atoms with Crippen LogP contribution in [0.25, 0.3) is 0 Å². The highest BCUT2D eigenvalue weighted by Crippen LogP contribution is 2.30. The molecule has 0 spiro atoms. The molecule has 1 unspecified atom stereocenters. The first-order valence-corrected chi connectivity index (χ1v) is 7.47. The van der Waals surface area contributed by atoms with Gasteiger partial charge in [0.25, 0.3) is 0 Å². The number of hydrogen-bond acceptors (Lipinski definition) is 2. The predicted octanol–water partition coefficient (Wildman–Crippen LogP) is 4.57. The van der Waals surface area contributed by atoms with E-state index in [2.05, 4.69) is 32.0 Å². The second kappa shape index (κ2) is 5.87.